The topological polar surface area (TPSA) is 55.4 Å². The van der Waals surface area contributed by atoms with Crippen LogP contribution in [0.25, 0.3) is 0 Å². The second kappa shape index (κ2) is 5.66. The van der Waals surface area contributed by atoms with E-state index in [4.69, 9.17) is 4.74 Å². The summed E-state index contributed by atoms with van der Waals surface area (Å²) in [5, 5.41) is 3.35. The van der Waals surface area contributed by atoms with E-state index in [0.29, 0.717) is 12.3 Å². The average Bonchev–Trinajstić information content (AvgIpc) is 2.77. The van der Waals surface area contributed by atoms with Gasteiger partial charge in [0.05, 0.1) is 11.5 Å². The predicted molar refractivity (Wildman–Crippen MR) is 81.9 cm³/mol. The maximum Gasteiger partial charge on any atom is 0.151 e. The number of fused-ring (bicyclic) bond motifs is 1. The van der Waals surface area contributed by atoms with Gasteiger partial charge in [-0.1, -0.05) is 15.9 Å². The van der Waals surface area contributed by atoms with Gasteiger partial charge in [-0.15, -0.1) is 0 Å². The van der Waals surface area contributed by atoms with Crippen LogP contribution in [-0.2, 0) is 16.3 Å². The Bertz CT molecular complexity index is 602. The highest BCUT2D eigenvalue weighted by Gasteiger charge is 2.27. The Balaban J connectivity index is 1.54. The van der Waals surface area contributed by atoms with Crippen molar-refractivity contribution in [3.8, 4) is 5.75 Å². The quantitative estimate of drug-likeness (QED) is 0.895. The van der Waals surface area contributed by atoms with Crippen molar-refractivity contribution in [1.82, 2.24) is 5.32 Å². The summed E-state index contributed by atoms with van der Waals surface area (Å²) in [5.41, 5.74) is 1.21. The minimum absolute atomic E-state index is 0.0767. The van der Waals surface area contributed by atoms with Gasteiger partial charge in [0.15, 0.2) is 9.84 Å². The third-order valence-electron chi connectivity index (χ3n) is 3.86. The molecule has 0 spiro atoms. The van der Waals surface area contributed by atoms with Crippen molar-refractivity contribution in [3.05, 3.63) is 28.2 Å². The molecule has 2 aliphatic heterocycles. The van der Waals surface area contributed by atoms with Gasteiger partial charge in [0.25, 0.3) is 0 Å². The minimum Gasteiger partial charge on any atom is -0.488 e. The Labute approximate surface area is 127 Å². The highest BCUT2D eigenvalue weighted by molar-refractivity contribution is 9.10. The molecular formula is C14H18BrNO3S. The smallest absolute Gasteiger partial charge is 0.151 e. The first-order valence-electron chi connectivity index (χ1n) is 6.91. The molecule has 0 aromatic heterocycles. The normalized spacial score (nSPS) is 27.9. The summed E-state index contributed by atoms with van der Waals surface area (Å²) in [6.45, 7) is 0.701. The van der Waals surface area contributed by atoms with E-state index in [2.05, 4.69) is 27.3 Å². The van der Waals surface area contributed by atoms with E-state index in [0.717, 1.165) is 29.5 Å². The van der Waals surface area contributed by atoms with Crippen LogP contribution in [0.3, 0.4) is 0 Å². The van der Waals surface area contributed by atoms with Gasteiger partial charge >= 0.3 is 0 Å². The molecule has 1 aromatic carbocycles. The van der Waals surface area contributed by atoms with Gasteiger partial charge in [0.1, 0.15) is 11.9 Å². The van der Waals surface area contributed by atoms with Crippen molar-refractivity contribution >= 4 is 25.8 Å². The standard InChI is InChI=1S/C14H18BrNO3S/c15-11-3-4-14-10(6-11)7-13(19-14)8-16-12-2-1-5-20(17,18)9-12/h3-4,6,12-13,16H,1-2,5,7-9H2. The zero-order valence-corrected chi connectivity index (χ0v) is 13.5. The Morgan fingerprint density at radius 2 is 2.25 bits per heavy atom. The number of benzene rings is 1. The van der Waals surface area contributed by atoms with E-state index in [1.54, 1.807) is 0 Å². The lowest BCUT2D eigenvalue weighted by Gasteiger charge is -2.24. The first-order chi connectivity index (χ1) is 9.52. The Kier molecular flexibility index (Phi) is 4.06. The molecule has 1 fully saturated rings. The number of hydrogen-bond acceptors (Lipinski definition) is 4. The highest BCUT2D eigenvalue weighted by atomic mass is 79.9. The van der Waals surface area contributed by atoms with E-state index >= 15 is 0 Å². The van der Waals surface area contributed by atoms with E-state index in [-0.39, 0.29) is 17.9 Å². The molecular weight excluding hydrogens is 342 g/mol. The molecule has 2 aliphatic rings. The number of hydrogen-bond donors (Lipinski definition) is 1. The zero-order valence-electron chi connectivity index (χ0n) is 11.1. The molecule has 0 saturated carbocycles. The molecule has 1 saturated heterocycles. The van der Waals surface area contributed by atoms with Gasteiger partial charge in [-0.3, -0.25) is 0 Å². The second-order valence-corrected chi connectivity index (χ2v) is 8.70. The summed E-state index contributed by atoms with van der Waals surface area (Å²) in [4.78, 5) is 0. The lowest BCUT2D eigenvalue weighted by Crippen LogP contribution is -2.44. The predicted octanol–water partition coefficient (Wildman–Crippen LogP) is 1.92. The maximum atomic E-state index is 11.6. The Morgan fingerprint density at radius 1 is 1.40 bits per heavy atom. The zero-order chi connectivity index (χ0) is 14.2. The third kappa shape index (κ3) is 3.35. The van der Waals surface area contributed by atoms with Gasteiger partial charge in [-0.25, -0.2) is 8.42 Å². The second-order valence-electron chi connectivity index (χ2n) is 5.56. The molecule has 2 unspecified atom stereocenters. The summed E-state index contributed by atoms with van der Waals surface area (Å²) in [7, 11) is -2.85. The molecule has 6 heteroatoms. The Hall–Kier alpha value is -0.590. The monoisotopic (exact) mass is 359 g/mol. The summed E-state index contributed by atoms with van der Waals surface area (Å²) in [6.07, 6.45) is 2.67. The van der Waals surface area contributed by atoms with Crippen LogP contribution >= 0.6 is 15.9 Å². The fourth-order valence-electron chi connectivity index (χ4n) is 2.88. The average molecular weight is 360 g/mol. The van der Waals surface area contributed by atoms with E-state index in [9.17, 15) is 8.42 Å². The number of sulfone groups is 1. The molecule has 0 bridgehead atoms. The highest BCUT2D eigenvalue weighted by Crippen LogP contribution is 2.31. The van der Waals surface area contributed by atoms with Crippen LogP contribution in [0.1, 0.15) is 18.4 Å². The van der Waals surface area contributed by atoms with E-state index < -0.39 is 9.84 Å². The van der Waals surface area contributed by atoms with E-state index in [1.807, 2.05) is 12.1 Å². The van der Waals surface area contributed by atoms with Crippen molar-refractivity contribution < 1.29 is 13.2 Å². The van der Waals surface area contributed by atoms with Gasteiger partial charge in [-0.05, 0) is 36.6 Å². The molecule has 4 nitrogen and oxygen atoms in total. The SMILES string of the molecule is O=S1(=O)CCCC(NCC2Cc3cc(Br)ccc3O2)C1. The van der Waals surface area contributed by atoms with Gasteiger partial charge in [0, 0.05) is 23.5 Å². The fraction of sp³-hybridized carbons (Fsp3) is 0.571. The molecule has 1 N–H and O–H groups in total. The number of halogens is 1. The summed E-state index contributed by atoms with van der Waals surface area (Å²) in [5.74, 6) is 1.54. The summed E-state index contributed by atoms with van der Waals surface area (Å²) >= 11 is 3.46. The lowest BCUT2D eigenvalue weighted by atomic mass is 10.1. The van der Waals surface area contributed by atoms with Crippen molar-refractivity contribution in [2.45, 2.75) is 31.4 Å². The molecule has 0 aliphatic carbocycles. The first-order valence-corrected chi connectivity index (χ1v) is 9.52. The van der Waals surface area contributed by atoms with Crippen molar-refractivity contribution in [2.24, 2.45) is 0 Å². The number of nitrogens with one attached hydrogen (secondary N) is 1. The van der Waals surface area contributed by atoms with Crippen molar-refractivity contribution in [2.75, 3.05) is 18.1 Å². The van der Waals surface area contributed by atoms with Crippen LogP contribution in [0.2, 0.25) is 0 Å². The van der Waals surface area contributed by atoms with Gasteiger partial charge < -0.3 is 10.1 Å². The summed E-state index contributed by atoms with van der Waals surface area (Å²) in [6, 6.07) is 6.11. The van der Waals surface area contributed by atoms with Crippen molar-refractivity contribution in [3.63, 3.8) is 0 Å². The van der Waals surface area contributed by atoms with Crippen LogP contribution in [-0.4, -0.2) is 38.6 Å². The summed E-state index contributed by atoms with van der Waals surface area (Å²) < 4.78 is 30.1. The molecule has 0 radical (unpaired) electrons. The lowest BCUT2D eigenvalue weighted by molar-refractivity contribution is 0.221. The number of ether oxygens (including phenoxy) is 1. The van der Waals surface area contributed by atoms with E-state index in [1.165, 1.54) is 5.56 Å². The maximum absolute atomic E-state index is 11.6. The third-order valence-corrected chi connectivity index (χ3v) is 6.18. The fourth-order valence-corrected chi connectivity index (χ4v) is 4.96. The minimum atomic E-state index is -2.85. The van der Waals surface area contributed by atoms with Crippen LogP contribution in [0.5, 0.6) is 5.75 Å². The van der Waals surface area contributed by atoms with Gasteiger partial charge in [0.2, 0.25) is 0 Å². The van der Waals surface area contributed by atoms with Crippen LogP contribution in [0.4, 0.5) is 0 Å². The molecule has 2 atom stereocenters. The molecule has 2 heterocycles. The molecule has 1 aromatic rings. The van der Waals surface area contributed by atoms with Gasteiger partial charge in [-0.2, -0.15) is 0 Å². The largest absolute Gasteiger partial charge is 0.488 e. The molecule has 0 amide bonds. The van der Waals surface area contributed by atoms with Crippen LogP contribution < -0.4 is 10.1 Å². The molecule has 110 valence electrons. The molecule has 3 rings (SSSR count). The van der Waals surface area contributed by atoms with Crippen LogP contribution in [0, 0.1) is 0 Å². The molecule has 20 heavy (non-hydrogen) atoms. The Morgan fingerprint density at radius 3 is 3.05 bits per heavy atom. The van der Waals surface area contributed by atoms with Crippen LogP contribution in [0.15, 0.2) is 22.7 Å². The van der Waals surface area contributed by atoms with Crippen molar-refractivity contribution in [1.29, 1.82) is 0 Å². The first kappa shape index (κ1) is 14.4. The number of rotatable bonds is 3.